The number of ether oxygens (including phenoxy) is 1. The van der Waals surface area contributed by atoms with E-state index < -0.39 is 98.2 Å². The number of carbonyl (C=O) groups excluding carboxylic acids is 4. The number of methoxy groups -OCH3 is 1. The molecule has 8 nitrogen and oxygen atoms in total. The molecule has 254 valence electrons. The van der Waals surface area contributed by atoms with Crippen LogP contribution in [-0.2, 0) is 19.2 Å². The molecule has 3 aromatic rings. The van der Waals surface area contributed by atoms with E-state index in [9.17, 15) is 37.5 Å². The second-order valence-electron chi connectivity index (χ2n) is 12.1. The number of hydrogen-bond donors (Lipinski definition) is 1. The molecule has 0 radical (unpaired) electrons. The van der Waals surface area contributed by atoms with Gasteiger partial charge >= 0.3 is 0 Å². The van der Waals surface area contributed by atoms with Crippen LogP contribution in [0.3, 0.4) is 0 Å². The summed E-state index contributed by atoms with van der Waals surface area (Å²) in [6.07, 6.45) is 0.910. The number of alkyl halides is 2. The summed E-state index contributed by atoms with van der Waals surface area (Å²) in [5.74, 6) is -21.8. The SMILES string of the molecule is COc1cc(O)ccc1C1C2=CCC3C(=O)N(c4ccc(I)cc4)C(=O)C3C2CC2(Cl)C(=O)N(c3c(F)c(F)c(F)c(F)c3F)C(=O)C12Cl. The van der Waals surface area contributed by atoms with Crippen LogP contribution >= 0.6 is 45.8 Å². The van der Waals surface area contributed by atoms with Gasteiger partial charge in [-0.05, 0) is 71.7 Å². The van der Waals surface area contributed by atoms with Gasteiger partial charge in [-0.3, -0.25) is 24.1 Å². The molecule has 49 heavy (non-hydrogen) atoms. The number of halogens is 8. The van der Waals surface area contributed by atoms with E-state index in [0.29, 0.717) is 0 Å². The van der Waals surface area contributed by atoms with Gasteiger partial charge in [-0.2, -0.15) is 0 Å². The van der Waals surface area contributed by atoms with Crippen LogP contribution in [0.25, 0.3) is 0 Å². The van der Waals surface area contributed by atoms with Crippen LogP contribution in [0.4, 0.5) is 33.3 Å². The Morgan fingerprint density at radius 2 is 1.45 bits per heavy atom. The van der Waals surface area contributed by atoms with Gasteiger partial charge in [0.05, 0.1) is 24.6 Å². The molecule has 1 N–H and O–H groups in total. The first-order valence-corrected chi connectivity index (χ1v) is 16.4. The van der Waals surface area contributed by atoms with Crippen LogP contribution in [0.5, 0.6) is 11.5 Å². The molecule has 4 amide bonds. The first kappa shape index (κ1) is 33.7. The fraction of sp³-hybridized carbons (Fsp3) is 0.273. The molecule has 3 fully saturated rings. The zero-order valence-corrected chi connectivity index (χ0v) is 28.4. The molecular weight excluding hydrogens is 813 g/mol. The molecule has 2 aliphatic heterocycles. The van der Waals surface area contributed by atoms with Crippen molar-refractivity contribution in [1.82, 2.24) is 0 Å². The summed E-state index contributed by atoms with van der Waals surface area (Å²) in [6.45, 7) is 0. The topological polar surface area (TPSA) is 104 Å². The van der Waals surface area contributed by atoms with Crippen molar-refractivity contribution in [1.29, 1.82) is 0 Å². The maximum Gasteiger partial charge on any atom is 0.258 e. The Labute approximate surface area is 297 Å². The largest absolute Gasteiger partial charge is 0.508 e. The highest BCUT2D eigenvalue weighted by Crippen LogP contribution is 2.67. The number of imide groups is 2. The first-order chi connectivity index (χ1) is 23.1. The molecule has 0 spiro atoms. The average Bonchev–Trinajstić information content (AvgIpc) is 3.41. The minimum absolute atomic E-state index is 0.0232. The number of phenolic OH excluding ortho intramolecular Hbond substituents is 1. The highest BCUT2D eigenvalue weighted by atomic mass is 127. The van der Waals surface area contributed by atoms with Crippen LogP contribution in [0, 0.1) is 50.4 Å². The van der Waals surface area contributed by atoms with Crippen molar-refractivity contribution < 1.29 is 51.0 Å². The number of benzene rings is 3. The van der Waals surface area contributed by atoms with E-state index in [1.165, 1.54) is 19.2 Å². The van der Waals surface area contributed by atoms with Gasteiger partial charge in [-0.25, -0.2) is 26.9 Å². The van der Waals surface area contributed by atoms with E-state index >= 15 is 8.78 Å². The van der Waals surface area contributed by atoms with Crippen LogP contribution in [0.2, 0.25) is 0 Å². The molecule has 7 rings (SSSR count). The Balaban J connectivity index is 1.45. The number of aromatic hydroxyl groups is 1. The molecule has 6 atom stereocenters. The highest BCUT2D eigenvalue weighted by molar-refractivity contribution is 14.1. The summed E-state index contributed by atoms with van der Waals surface area (Å²) in [5.41, 5.74) is -1.29. The molecule has 1 saturated carbocycles. The maximum atomic E-state index is 15.2. The molecule has 0 bridgehead atoms. The van der Waals surface area contributed by atoms with E-state index in [2.05, 4.69) is 22.6 Å². The number of carbonyl (C=O) groups is 4. The zero-order valence-electron chi connectivity index (χ0n) is 24.7. The van der Waals surface area contributed by atoms with Gasteiger partial charge in [0.15, 0.2) is 33.0 Å². The van der Waals surface area contributed by atoms with Gasteiger partial charge in [-0.1, -0.05) is 17.7 Å². The van der Waals surface area contributed by atoms with Gasteiger partial charge in [-0.15, -0.1) is 23.2 Å². The second kappa shape index (κ2) is 11.4. The van der Waals surface area contributed by atoms with Gasteiger partial charge in [0, 0.05) is 21.1 Å². The number of rotatable bonds is 4. The molecule has 6 unspecified atom stereocenters. The number of amides is 4. The van der Waals surface area contributed by atoms with Crippen molar-refractivity contribution >= 4 is 80.8 Å². The quantitative estimate of drug-likeness (QED) is 0.0616. The number of allylic oxidation sites excluding steroid dienone is 2. The Kier molecular flexibility index (Phi) is 7.83. The lowest BCUT2D eigenvalue weighted by Gasteiger charge is -2.50. The molecular formula is C33H20Cl2F5IN2O6. The van der Waals surface area contributed by atoms with Crippen molar-refractivity contribution in [2.75, 3.05) is 16.9 Å². The van der Waals surface area contributed by atoms with Crippen molar-refractivity contribution in [3.8, 4) is 11.5 Å². The van der Waals surface area contributed by atoms with Crippen molar-refractivity contribution in [3.05, 3.63) is 92.3 Å². The zero-order chi connectivity index (χ0) is 35.5. The number of nitrogens with zero attached hydrogens (tertiary/aromatic N) is 2. The van der Waals surface area contributed by atoms with Crippen LogP contribution in [0.15, 0.2) is 54.1 Å². The Hall–Kier alpha value is -3.76. The van der Waals surface area contributed by atoms with E-state index in [1.54, 1.807) is 30.3 Å². The van der Waals surface area contributed by atoms with Crippen LogP contribution in [0.1, 0.15) is 24.3 Å². The predicted molar refractivity (Wildman–Crippen MR) is 173 cm³/mol. The summed E-state index contributed by atoms with van der Waals surface area (Å²) in [6, 6.07) is 10.2. The van der Waals surface area contributed by atoms with Gasteiger partial charge < -0.3 is 9.84 Å². The summed E-state index contributed by atoms with van der Waals surface area (Å²) < 4.78 is 79.6. The molecule has 2 saturated heterocycles. The van der Waals surface area contributed by atoms with E-state index in [-0.39, 0.29) is 39.6 Å². The number of phenols is 1. The standard InChI is InChI=1S/C33H20Cl2F5IN2O6/c1-49-19-10-14(44)6-7-16(19)21-15-8-9-17-20(29(46)42(28(17)45)13-4-2-12(41)3-5-13)18(15)11-32(34)30(47)43(31(48)33(21,32)35)27-25(39)23(37)22(36)24(38)26(27)40/h2-8,10,17-18,20-21,44H,9,11H2,1H3. The third-order valence-electron chi connectivity index (χ3n) is 9.83. The monoisotopic (exact) mass is 832 g/mol. The molecule has 2 heterocycles. The molecule has 16 heteroatoms. The third-order valence-corrected chi connectivity index (χ3v) is 12.0. The summed E-state index contributed by atoms with van der Waals surface area (Å²) >= 11 is 16.3. The van der Waals surface area contributed by atoms with Crippen molar-refractivity contribution in [3.63, 3.8) is 0 Å². The number of anilines is 2. The van der Waals surface area contributed by atoms with Crippen molar-refractivity contribution in [2.24, 2.45) is 17.8 Å². The molecule has 3 aromatic carbocycles. The van der Waals surface area contributed by atoms with Crippen LogP contribution < -0.4 is 14.5 Å². The first-order valence-electron chi connectivity index (χ1n) is 14.6. The Morgan fingerprint density at radius 3 is 2.06 bits per heavy atom. The summed E-state index contributed by atoms with van der Waals surface area (Å²) in [7, 11) is 1.22. The smallest absolute Gasteiger partial charge is 0.258 e. The molecule has 0 aromatic heterocycles. The van der Waals surface area contributed by atoms with E-state index in [0.717, 1.165) is 14.5 Å². The van der Waals surface area contributed by atoms with E-state index in [4.69, 9.17) is 27.9 Å². The fourth-order valence-electron chi connectivity index (χ4n) is 7.70. The van der Waals surface area contributed by atoms with Gasteiger partial charge in [0.2, 0.25) is 17.6 Å². The third kappa shape index (κ3) is 4.38. The van der Waals surface area contributed by atoms with Crippen LogP contribution in [-0.4, -0.2) is 45.6 Å². The number of hydrogen-bond acceptors (Lipinski definition) is 6. The molecule has 4 aliphatic rings. The fourth-order valence-corrected chi connectivity index (χ4v) is 8.98. The van der Waals surface area contributed by atoms with Gasteiger partial charge in [0.25, 0.3) is 11.8 Å². The summed E-state index contributed by atoms with van der Waals surface area (Å²) in [5, 5.41) is 10.2. The average molecular weight is 833 g/mol. The maximum absolute atomic E-state index is 15.2. The number of fused-ring (bicyclic) bond motifs is 4. The predicted octanol–water partition coefficient (Wildman–Crippen LogP) is 6.47. The highest BCUT2D eigenvalue weighted by Gasteiger charge is 2.77. The lowest BCUT2D eigenvalue weighted by molar-refractivity contribution is -0.125. The lowest BCUT2D eigenvalue weighted by atomic mass is 9.56. The minimum Gasteiger partial charge on any atom is -0.508 e. The Morgan fingerprint density at radius 1 is 0.837 bits per heavy atom. The molecule has 2 aliphatic carbocycles. The summed E-state index contributed by atoms with van der Waals surface area (Å²) in [4.78, 5) is 52.0. The van der Waals surface area contributed by atoms with E-state index in [1.807, 2.05) is 0 Å². The van der Waals surface area contributed by atoms with Gasteiger partial charge in [0.1, 0.15) is 17.2 Å². The Bertz CT molecular complexity index is 2040. The van der Waals surface area contributed by atoms with Crippen molar-refractivity contribution in [2.45, 2.75) is 28.5 Å². The second-order valence-corrected chi connectivity index (χ2v) is 14.6. The lowest BCUT2D eigenvalue weighted by Crippen LogP contribution is -2.60. The normalized spacial score (nSPS) is 29.2. The minimum atomic E-state index is -2.72.